The molecule has 0 aliphatic heterocycles. The Bertz CT molecular complexity index is 359. The number of rotatable bonds is 7. The summed E-state index contributed by atoms with van der Waals surface area (Å²) in [5, 5.41) is 10.3. The molecule has 17 heavy (non-hydrogen) atoms. The molecule has 0 unspecified atom stereocenters. The highest BCUT2D eigenvalue weighted by molar-refractivity contribution is 5.77. The molecule has 0 aromatic carbocycles. The maximum absolute atomic E-state index is 11.4. The van der Waals surface area contributed by atoms with E-state index in [-0.39, 0.29) is 5.91 Å². The van der Waals surface area contributed by atoms with Gasteiger partial charge in [-0.05, 0) is 12.8 Å². The minimum Gasteiger partial charge on any atom is -0.355 e. The number of aryl methyl sites for hydroxylation is 2. The monoisotopic (exact) mass is 238 g/mol. The molecule has 1 aromatic heterocycles. The smallest absolute Gasteiger partial charge is 0.233 e. The lowest BCUT2D eigenvalue weighted by Crippen LogP contribution is -2.34. The zero-order valence-electron chi connectivity index (χ0n) is 10.9. The first kappa shape index (κ1) is 13.7. The van der Waals surface area contributed by atoms with Crippen LogP contribution in [0.15, 0.2) is 6.20 Å². The third kappa shape index (κ3) is 4.56. The lowest BCUT2D eigenvalue weighted by atomic mass is 10.2. The van der Waals surface area contributed by atoms with Gasteiger partial charge in [-0.1, -0.05) is 13.8 Å². The van der Waals surface area contributed by atoms with Crippen LogP contribution in [0.1, 0.15) is 31.5 Å². The molecule has 96 valence electrons. The Morgan fingerprint density at radius 1 is 1.47 bits per heavy atom. The zero-order chi connectivity index (χ0) is 12.7. The van der Waals surface area contributed by atoms with Gasteiger partial charge in [0, 0.05) is 31.9 Å². The van der Waals surface area contributed by atoms with Gasteiger partial charge in [0.1, 0.15) is 0 Å². The van der Waals surface area contributed by atoms with E-state index in [1.165, 1.54) is 5.56 Å². The van der Waals surface area contributed by atoms with Gasteiger partial charge in [0.2, 0.25) is 5.91 Å². The molecular weight excluding hydrogens is 216 g/mol. The van der Waals surface area contributed by atoms with Crippen molar-refractivity contribution in [2.24, 2.45) is 7.05 Å². The number of carbonyl (C=O) groups excluding carboxylic acids is 1. The van der Waals surface area contributed by atoms with E-state index in [1.54, 1.807) is 0 Å². The van der Waals surface area contributed by atoms with E-state index in [1.807, 2.05) is 24.9 Å². The summed E-state index contributed by atoms with van der Waals surface area (Å²) in [6.45, 7) is 5.92. The number of amides is 1. The number of nitrogens with one attached hydrogen (secondary N) is 2. The van der Waals surface area contributed by atoms with E-state index < -0.39 is 0 Å². The molecule has 1 aromatic rings. The fourth-order valence-corrected chi connectivity index (χ4v) is 1.67. The maximum atomic E-state index is 11.4. The molecule has 0 atom stereocenters. The summed E-state index contributed by atoms with van der Waals surface area (Å²) in [4.78, 5) is 11.4. The second kappa shape index (κ2) is 7.06. The average Bonchev–Trinajstić information content (AvgIpc) is 2.67. The standard InChI is InChI=1S/C12H22N4O/c1-4-6-14-12(17)8-13-7-10-9-16(3)15-11(10)5-2/h9,13H,4-8H2,1-3H3,(H,14,17). The van der Waals surface area contributed by atoms with Crippen molar-refractivity contribution < 1.29 is 4.79 Å². The van der Waals surface area contributed by atoms with Crippen LogP contribution >= 0.6 is 0 Å². The highest BCUT2D eigenvalue weighted by atomic mass is 16.1. The maximum Gasteiger partial charge on any atom is 0.233 e. The van der Waals surface area contributed by atoms with Crippen LogP contribution in [0, 0.1) is 0 Å². The van der Waals surface area contributed by atoms with Gasteiger partial charge in [0.25, 0.3) is 0 Å². The molecule has 2 N–H and O–H groups in total. The summed E-state index contributed by atoms with van der Waals surface area (Å²) in [5.41, 5.74) is 2.26. The topological polar surface area (TPSA) is 59.0 Å². The molecule has 0 saturated heterocycles. The largest absolute Gasteiger partial charge is 0.355 e. The molecule has 0 spiro atoms. The van der Waals surface area contributed by atoms with Gasteiger partial charge in [-0.15, -0.1) is 0 Å². The zero-order valence-corrected chi connectivity index (χ0v) is 10.9. The van der Waals surface area contributed by atoms with Crippen LogP contribution in [0.25, 0.3) is 0 Å². The summed E-state index contributed by atoms with van der Waals surface area (Å²) in [6.07, 6.45) is 3.88. The Balaban J connectivity index is 2.32. The van der Waals surface area contributed by atoms with Crippen molar-refractivity contribution in [1.29, 1.82) is 0 Å². The Kier molecular flexibility index (Phi) is 5.69. The molecule has 0 saturated carbocycles. The Labute approximate surface area is 103 Å². The highest BCUT2D eigenvalue weighted by Crippen LogP contribution is 2.06. The van der Waals surface area contributed by atoms with Crippen molar-refractivity contribution in [2.75, 3.05) is 13.1 Å². The summed E-state index contributed by atoms with van der Waals surface area (Å²) in [6, 6.07) is 0. The van der Waals surface area contributed by atoms with Crippen molar-refractivity contribution in [3.63, 3.8) is 0 Å². The van der Waals surface area contributed by atoms with Gasteiger partial charge in [0.15, 0.2) is 0 Å². The van der Waals surface area contributed by atoms with Crippen LogP contribution in [0.3, 0.4) is 0 Å². The van der Waals surface area contributed by atoms with E-state index in [4.69, 9.17) is 0 Å². The number of nitrogens with zero attached hydrogens (tertiary/aromatic N) is 2. The lowest BCUT2D eigenvalue weighted by Gasteiger charge is -2.05. The van der Waals surface area contributed by atoms with Gasteiger partial charge in [-0.25, -0.2) is 0 Å². The van der Waals surface area contributed by atoms with E-state index in [0.29, 0.717) is 13.1 Å². The van der Waals surface area contributed by atoms with Crippen LogP contribution in [-0.4, -0.2) is 28.8 Å². The molecule has 1 heterocycles. The Morgan fingerprint density at radius 2 is 2.24 bits per heavy atom. The Hall–Kier alpha value is -1.36. The van der Waals surface area contributed by atoms with Gasteiger partial charge in [-0.2, -0.15) is 5.10 Å². The second-order valence-electron chi connectivity index (χ2n) is 4.08. The van der Waals surface area contributed by atoms with Crippen LogP contribution in [0.5, 0.6) is 0 Å². The summed E-state index contributed by atoms with van der Waals surface area (Å²) in [5.74, 6) is 0.0498. The number of hydrogen-bond donors (Lipinski definition) is 2. The van der Waals surface area contributed by atoms with Gasteiger partial charge in [-0.3, -0.25) is 9.48 Å². The molecular formula is C12H22N4O. The normalized spacial score (nSPS) is 10.5. The number of carbonyl (C=O) groups is 1. The first-order valence-electron chi connectivity index (χ1n) is 6.16. The molecule has 5 heteroatoms. The number of aromatic nitrogens is 2. The van der Waals surface area contributed by atoms with Crippen molar-refractivity contribution in [3.05, 3.63) is 17.5 Å². The van der Waals surface area contributed by atoms with Crippen LogP contribution in [-0.2, 0) is 24.8 Å². The predicted octanol–water partition coefficient (Wildman–Crippen LogP) is 0.598. The van der Waals surface area contributed by atoms with Gasteiger partial charge >= 0.3 is 0 Å². The Morgan fingerprint density at radius 3 is 2.88 bits per heavy atom. The molecule has 0 bridgehead atoms. The molecule has 5 nitrogen and oxygen atoms in total. The number of hydrogen-bond acceptors (Lipinski definition) is 3. The van der Waals surface area contributed by atoms with Crippen molar-refractivity contribution in [2.45, 2.75) is 33.2 Å². The first-order valence-corrected chi connectivity index (χ1v) is 6.16. The highest BCUT2D eigenvalue weighted by Gasteiger charge is 2.06. The van der Waals surface area contributed by atoms with E-state index in [0.717, 1.165) is 25.1 Å². The molecule has 1 rings (SSSR count). The third-order valence-corrected chi connectivity index (χ3v) is 2.50. The fourth-order valence-electron chi connectivity index (χ4n) is 1.67. The van der Waals surface area contributed by atoms with Crippen molar-refractivity contribution in [1.82, 2.24) is 20.4 Å². The molecule has 0 radical (unpaired) electrons. The second-order valence-corrected chi connectivity index (χ2v) is 4.08. The van der Waals surface area contributed by atoms with E-state index >= 15 is 0 Å². The van der Waals surface area contributed by atoms with E-state index in [2.05, 4.69) is 22.7 Å². The molecule has 0 aliphatic rings. The summed E-state index contributed by atoms with van der Waals surface area (Å²) >= 11 is 0. The predicted molar refractivity (Wildman–Crippen MR) is 67.6 cm³/mol. The molecule has 0 aliphatic carbocycles. The van der Waals surface area contributed by atoms with Gasteiger partial charge < -0.3 is 10.6 Å². The minimum absolute atomic E-state index is 0.0498. The van der Waals surface area contributed by atoms with E-state index in [9.17, 15) is 4.79 Å². The van der Waals surface area contributed by atoms with Gasteiger partial charge in [0.05, 0.1) is 12.2 Å². The summed E-state index contributed by atoms with van der Waals surface area (Å²) in [7, 11) is 1.91. The lowest BCUT2D eigenvalue weighted by molar-refractivity contribution is -0.120. The summed E-state index contributed by atoms with van der Waals surface area (Å²) < 4.78 is 1.81. The SMILES string of the molecule is CCCNC(=O)CNCc1cn(C)nc1CC. The molecule has 0 fully saturated rings. The minimum atomic E-state index is 0.0498. The average molecular weight is 238 g/mol. The third-order valence-electron chi connectivity index (χ3n) is 2.50. The first-order chi connectivity index (χ1) is 8.17. The van der Waals surface area contributed by atoms with Crippen LogP contribution < -0.4 is 10.6 Å². The quantitative estimate of drug-likeness (QED) is 0.731. The fraction of sp³-hybridized carbons (Fsp3) is 0.667. The van der Waals surface area contributed by atoms with Crippen LogP contribution in [0.2, 0.25) is 0 Å². The van der Waals surface area contributed by atoms with Crippen molar-refractivity contribution >= 4 is 5.91 Å². The van der Waals surface area contributed by atoms with Crippen molar-refractivity contribution in [3.8, 4) is 0 Å². The van der Waals surface area contributed by atoms with Crippen LogP contribution in [0.4, 0.5) is 0 Å². The molecule has 1 amide bonds.